The molecule has 21 heavy (non-hydrogen) atoms. The number of hydrogen-bond donors (Lipinski definition) is 0. The van der Waals surface area contributed by atoms with E-state index in [0.717, 1.165) is 30.9 Å². The van der Waals surface area contributed by atoms with Gasteiger partial charge in [-0.2, -0.15) is 0 Å². The summed E-state index contributed by atoms with van der Waals surface area (Å²) in [6.45, 7) is 4.82. The topological polar surface area (TPSA) is 53.5 Å². The fourth-order valence-corrected chi connectivity index (χ4v) is 4.08. The van der Waals surface area contributed by atoms with Crippen LogP contribution in [0.5, 0.6) is 0 Å². The molecular formula is C15H21N3O2S. The zero-order valence-electron chi connectivity index (χ0n) is 12.3. The third kappa shape index (κ3) is 2.95. The zero-order valence-corrected chi connectivity index (χ0v) is 13.1. The minimum Gasteiger partial charge on any atom is -0.342 e. The SMILES string of the molecule is CCN1CC(C(=O)N2CCCC(c3nccs3)C2)CC1=O. The van der Waals surface area contributed by atoms with Crippen molar-refractivity contribution in [2.75, 3.05) is 26.2 Å². The van der Waals surface area contributed by atoms with Crippen LogP contribution in [0.4, 0.5) is 0 Å². The van der Waals surface area contributed by atoms with Crippen LogP contribution in [0, 0.1) is 5.92 Å². The molecule has 2 unspecified atom stereocenters. The van der Waals surface area contributed by atoms with E-state index in [4.69, 9.17) is 0 Å². The number of aromatic nitrogens is 1. The highest BCUT2D eigenvalue weighted by molar-refractivity contribution is 7.09. The van der Waals surface area contributed by atoms with Crippen molar-refractivity contribution in [1.82, 2.24) is 14.8 Å². The first kappa shape index (κ1) is 14.5. The van der Waals surface area contributed by atoms with Crippen molar-refractivity contribution in [1.29, 1.82) is 0 Å². The van der Waals surface area contributed by atoms with Crippen LogP contribution < -0.4 is 0 Å². The second-order valence-electron chi connectivity index (χ2n) is 5.83. The van der Waals surface area contributed by atoms with Crippen LogP contribution in [-0.4, -0.2) is 52.8 Å². The molecule has 1 aromatic heterocycles. The predicted octanol–water partition coefficient (Wildman–Crippen LogP) is 1.72. The second-order valence-corrected chi connectivity index (χ2v) is 6.75. The van der Waals surface area contributed by atoms with Gasteiger partial charge >= 0.3 is 0 Å². The first-order chi connectivity index (χ1) is 10.2. The van der Waals surface area contributed by atoms with Crippen LogP contribution in [0.25, 0.3) is 0 Å². The number of carbonyl (C=O) groups is 2. The lowest BCUT2D eigenvalue weighted by Crippen LogP contribution is -2.43. The number of piperidine rings is 1. The van der Waals surface area contributed by atoms with Crippen molar-refractivity contribution in [2.24, 2.45) is 5.92 Å². The van der Waals surface area contributed by atoms with Crippen molar-refractivity contribution in [3.05, 3.63) is 16.6 Å². The molecule has 2 aliphatic heterocycles. The van der Waals surface area contributed by atoms with Gasteiger partial charge in [-0.1, -0.05) is 0 Å². The highest BCUT2D eigenvalue weighted by atomic mass is 32.1. The van der Waals surface area contributed by atoms with Crippen LogP contribution in [-0.2, 0) is 9.59 Å². The van der Waals surface area contributed by atoms with Gasteiger partial charge in [0.1, 0.15) is 0 Å². The third-order valence-corrected chi connectivity index (χ3v) is 5.42. The molecule has 3 heterocycles. The van der Waals surface area contributed by atoms with E-state index in [0.29, 0.717) is 25.4 Å². The van der Waals surface area contributed by atoms with Gasteiger partial charge < -0.3 is 9.80 Å². The summed E-state index contributed by atoms with van der Waals surface area (Å²) < 4.78 is 0. The molecule has 0 bridgehead atoms. The fourth-order valence-electron chi connectivity index (χ4n) is 3.32. The van der Waals surface area contributed by atoms with Gasteiger partial charge in [-0.25, -0.2) is 4.98 Å². The molecule has 0 saturated carbocycles. The third-order valence-electron chi connectivity index (χ3n) is 4.48. The molecule has 0 aliphatic carbocycles. The van der Waals surface area contributed by atoms with E-state index in [-0.39, 0.29) is 17.7 Å². The molecule has 3 rings (SSSR count). The van der Waals surface area contributed by atoms with E-state index in [2.05, 4.69) is 4.98 Å². The van der Waals surface area contributed by atoms with Crippen molar-refractivity contribution in [3.8, 4) is 0 Å². The van der Waals surface area contributed by atoms with E-state index in [1.807, 2.05) is 23.4 Å². The first-order valence-corrected chi connectivity index (χ1v) is 8.53. The van der Waals surface area contributed by atoms with E-state index in [1.54, 1.807) is 16.2 Å². The Labute approximate surface area is 129 Å². The number of thiazole rings is 1. The molecule has 0 spiro atoms. The average molecular weight is 307 g/mol. The van der Waals surface area contributed by atoms with Crippen molar-refractivity contribution in [2.45, 2.75) is 32.1 Å². The summed E-state index contributed by atoms with van der Waals surface area (Å²) in [5, 5.41) is 3.12. The van der Waals surface area contributed by atoms with Crippen LogP contribution in [0.3, 0.4) is 0 Å². The summed E-state index contributed by atoms with van der Waals surface area (Å²) in [6, 6.07) is 0. The Balaban J connectivity index is 1.64. The molecule has 0 N–H and O–H groups in total. The largest absolute Gasteiger partial charge is 0.342 e. The second kappa shape index (κ2) is 6.13. The molecule has 6 heteroatoms. The molecule has 2 aliphatic rings. The summed E-state index contributed by atoms with van der Waals surface area (Å²) in [7, 11) is 0. The molecule has 5 nitrogen and oxygen atoms in total. The predicted molar refractivity (Wildman–Crippen MR) is 81.0 cm³/mol. The Kier molecular flexibility index (Phi) is 4.24. The van der Waals surface area contributed by atoms with E-state index >= 15 is 0 Å². The maximum atomic E-state index is 12.7. The van der Waals surface area contributed by atoms with Crippen LogP contribution in [0.2, 0.25) is 0 Å². The molecule has 2 amide bonds. The van der Waals surface area contributed by atoms with Gasteiger partial charge in [0.15, 0.2) is 0 Å². The zero-order chi connectivity index (χ0) is 14.8. The molecule has 0 aromatic carbocycles. The number of carbonyl (C=O) groups excluding carboxylic acids is 2. The molecule has 2 fully saturated rings. The minimum absolute atomic E-state index is 0.115. The molecule has 0 radical (unpaired) electrons. The molecule has 1 aromatic rings. The maximum Gasteiger partial charge on any atom is 0.228 e. The smallest absolute Gasteiger partial charge is 0.228 e. The van der Waals surface area contributed by atoms with Crippen LogP contribution in [0.1, 0.15) is 37.1 Å². The monoisotopic (exact) mass is 307 g/mol. The number of likely N-dealkylation sites (tertiary alicyclic amines) is 2. The Morgan fingerprint density at radius 2 is 2.33 bits per heavy atom. The number of amides is 2. The van der Waals surface area contributed by atoms with Gasteiger partial charge in [0, 0.05) is 50.1 Å². The normalized spacial score (nSPS) is 26.4. The van der Waals surface area contributed by atoms with E-state index in [1.165, 1.54) is 0 Å². The van der Waals surface area contributed by atoms with Crippen LogP contribution >= 0.6 is 11.3 Å². The standard InChI is InChI=1S/C15H21N3O2S/c1-2-17-10-12(8-13(17)19)15(20)18-6-3-4-11(9-18)14-16-5-7-21-14/h5,7,11-12H,2-4,6,8-10H2,1H3. The number of nitrogens with zero attached hydrogens (tertiary/aromatic N) is 3. The van der Waals surface area contributed by atoms with E-state index in [9.17, 15) is 9.59 Å². The van der Waals surface area contributed by atoms with Gasteiger partial charge in [0.2, 0.25) is 11.8 Å². The molecular weight excluding hydrogens is 286 g/mol. The van der Waals surface area contributed by atoms with Crippen LogP contribution in [0.15, 0.2) is 11.6 Å². The molecule has 2 saturated heterocycles. The summed E-state index contributed by atoms with van der Waals surface area (Å²) in [5.41, 5.74) is 0. The maximum absolute atomic E-state index is 12.7. The average Bonchev–Trinajstić information content (AvgIpc) is 3.16. The van der Waals surface area contributed by atoms with E-state index < -0.39 is 0 Å². The highest BCUT2D eigenvalue weighted by Gasteiger charge is 2.37. The Bertz CT molecular complexity index is 517. The minimum atomic E-state index is -0.146. The summed E-state index contributed by atoms with van der Waals surface area (Å²) in [6.07, 6.45) is 4.33. The quantitative estimate of drug-likeness (QED) is 0.854. The van der Waals surface area contributed by atoms with Crippen molar-refractivity contribution >= 4 is 23.2 Å². The van der Waals surface area contributed by atoms with Gasteiger partial charge in [0.05, 0.1) is 10.9 Å². The Morgan fingerprint density at radius 3 is 3.00 bits per heavy atom. The summed E-state index contributed by atoms with van der Waals surface area (Å²) >= 11 is 1.67. The number of hydrogen-bond acceptors (Lipinski definition) is 4. The van der Waals surface area contributed by atoms with Gasteiger partial charge in [-0.3, -0.25) is 9.59 Å². The van der Waals surface area contributed by atoms with Gasteiger partial charge in [-0.15, -0.1) is 11.3 Å². The molecule has 2 atom stereocenters. The Hall–Kier alpha value is -1.43. The Morgan fingerprint density at radius 1 is 1.48 bits per heavy atom. The summed E-state index contributed by atoms with van der Waals surface area (Å²) in [4.78, 5) is 32.6. The van der Waals surface area contributed by atoms with Crippen molar-refractivity contribution in [3.63, 3.8) is 0 Å². The first-order valence-electron chi connectivity index (χ1n) is 7.65. The lowest BCUT2D eigenvalue weighted by molar-refractivity contribution is -0.137. The molecule has 114 valence electrons. The van der Waals surface area contributed by atoms with Gasteiger partial charge in [0.25, 0.3) is 0 Å². The lowest BCUT2D eigenvalue weighted by Gasteiger charge is -2.33. The number of rotatable bonds is 3. The lowest BCUT2D eigenvalue weighted by atomic mass is 9.96. The highest BCUT2D eigenvalue weighted by Crippen LogP contribution is 2.30. The fraction of sp³-hybridized carbons (Fsp3) is 0.667. The van der Waals surface area contributed by atoms with Crippen molar-refractivity contribution < 1.29 is 9.59 Å². The van der Waals surface area contributed by atoms with Gasteiger partial charge in [-0.05, 0) is 19.8 Å². The summed E-state index contributed by atoms with van der Waals surface area (Å²) in [5.74, 6) is 0.486.